The Hall–Kier alpha value is -4.04. The van der Waals surface area contributed by atoms with E-state index in [9.17, 15) is 4.79 Å². The fourth-order valence-electron chi connectivity index (χ4n) is 4.99. The number of hydrogen-bond donors (Lipinski definition) is 1. The summed E-state index contributed by atoms with van der Waals surface area (Å²) in [6, 6.07) is 21.2. The lowest BCUT2D eigenvalue weighted by atomic mass is 9.96. The molecular formula is C28H27N5O2S. The lowest BCUT2D eigenvalue weighted by Crippen LogP contribution is -2.29. The summed E-state index contributed by atoms with van der Waals surface area (Å²) in [6.07, 6.45) is 3.59. The normalized spacial score (nSPS) is 17.2. The Bertz CT molecular complexity index is 1400. The van der Waals surface area contributed by atoms with Crippen LogP contribution in [0.1, 0.15) is 50.8 Å². The molecule has 1 aliphatic heterocycles. The molecule has 7 nitrogen and oxygen atoms in total. The van der Waals surface area contributed by atoms with Gasteiger partial charge in [0.05, 0.1) is 48.4 Å². The van der Waals surface area contributed by atoms with Crippen molar-refractivity contribution in [3.05, 3.63) is 113 Å². The minimum absolute atomic E-state index is 0.125. The molecule has 1 saturated heterocycles. The van der Waals surface area contributed by atoms with Crippen LogP contribution >= 0.6 is 12.2 Å². The fraction of sp³-hybridized carbons (Fsp3) is 0.214. The first-order valence-electron chi connectivity index (χ1n) is 11.7. The van der Waals surface area contributed by atoms with Crippen molar-refractivity contribution in [1.29, 1.82) is 0 Å². The van der Waals surface area contributed by atoms with Gasteiger partial charge in [-0.1, -0.05) is 24.3 Å². The van der Waals surface area contributed by atoms with E-state index in [1.807, 2.05) is 61.5 Å². The predicted molar refractivity (Wildman–Crippen MR) is 142 cm³/mol. The van der Waals surface area contributed by atoms with Crippen molar-refractivity contribution in [2.24, 2.45) is 0 Å². The molecule has 36 heavy (non-hydrogen) atoms. The Kier molecular flexibility index (Phi) is 6.52. The molecule has 3 aromatic heterocycles. The van der Waals surface area contributed by atoms with Gasteiger partial charge >= 0.3 is 5.97 Å². The number of pyridine rings is 2. The van der Waals surface area contributed by atoms with E-state index in [0.29, 0.717) is 17.2 Å². The second kappa shape index (κ2) is 9.91. The summed E-state index contributed by atoms with van der Waals surface area (Å²) in [5, 5.41) is 4.16. The van der Waals surface area contributed by atoms with Crippen LogP contribution in [-0.4, -0.2) is 37.6 Å². The van der Waals surface area contributed by atoms with Gasteiger partial charge in [-0.3, -0.25) is 9.97 Å². The van der Waals surface area contributed by atoms with E-state index in [-0.39, 0.29) is 18.1 Å². The zero-order valence-corrected chi connectivity index (χ0v) is 21.2. The molecule has 8 heteroatoms. The number of nitrogens with one attached hydrogen (secondary N) is 1. The summed E-state index contributed by atoms with van der Waals surface area (Å²) in [5.41, 5.74) is 6.27. The first kappa shape index (κ1) is 23.7. The molecule has 1 aliphatic rings. The minimum Gasteiger partial charge on any atom is -0.465 e. The topological polar surface area (TPSA) is 72.3 Å². The van der Waals surface area contributed by atoms with Crippen molar-refractivity contribution in [2.75, 3.05) is 7.11 Å². The third-order valence-electron chi connectivity index (χ3n) is 6.60. The third kappa shape index (κ3) is 4.24. The summed E-state index contributed by atoms with van der Waals surface area (Å²) in [6.45, 7) is 4.68. The Labute approximate surface area is 215 Å². The number of para-hydroxylation sites is 1. The maximum Gasteiger partial charge on any atom is 0.339 e. The molecule has 5 rings (SSSR count). The highest BCUT2D eigenvalue weighted by molar-refractivity contribution is 7.80. The number of aromatic nitrogens is 3. The lowest BCUT2D eigenvalue weighted by Gasteiger charge is -2.28. The van der Waals surface area contributed by atoms with E-state index in [0.717, 1.165) is 34.0 Å². The van der Waals surface area contributed by atoms with Gasteiger partial charge in [0.15, 0.2) is 5.11 Å². The molecule has 0 radical (unpaired) electrons. The van der Waals surface area contributed by atoms with Crippen molar-refractivity contribution in [2.45, 2.75) is 32.5 Å². The Morgan fingerprint density at radius 3 is 2.44 bits per heavy atom. The fourth-order valence-corrected chi connectivity index (χ4v) is 5.29. The van der Waals surface area contributed by atoms with Gasteiger partial charge in [-0.15, -0.1) is 0 Å². The molecule has 182 valence electrons. The van der Waals surface area contributed by atoms with Crippen LogP contribution in [0.4, 0.5) is 0 Å². The van der Waals surface area contributed by atoms with Gasteiger partial charge in [0.1, 0.15) is 0 Å². The second-order valence-electron chi connectivity index (χ2n) is 8.75. The monoisotopic (exact) mass is 497 g/mol. The molecule has 4 aromatic rings. The number of aryl methyl sites for hydroxylation is 1. The second-order valence-corrected chi connectivity index (χ2v) is 9.13. The van der Waals surface area contributed by atoms with E-state index in [1.165, 1.54) is 7.11 Å². The number of esters is 1. The van der Waals surface area contributed by atoms with Crippen molar-refractivity contribution >= 4 is 23.3 Å². The van der Waals surface area contributed by atoms with E-state index >= 15 is 0 Å². The third-order valence-corrected chi connectivity index (χ3v) is 6.95. The largest absolute Gasteiger partial charge is 0.465 e. The molecule has 0 amide bonds. The van der Waals surface area contributed by atoms with Gasteiger partial charge in [0.2, 0.25) is 0 Å². The van der Waals surface area contributed by atoms with E-state index in [2.05, 4.69) is 37.7 Å². The molecule has 0 saturated carbocycles. The molecule has 1 N–H and O–H groups in total. The first-order valence-corrected chi connectivity index (χ1v) is 12.1. The van der Waals surface area contributed by atoms with Gasteiger partial charge in [0.25, 0.3) is 0 Å². The van der Waals surface area contributed by atoms with Crippen LogP contribution in [0.25, 0.3) is 5.69 Å². The molecular weight excluding hydrogens is 470 g/mol. The molecule has 1 fully saturated rings. The minimum atomic E-state index is -0.369. The quantitative estimate of drug-likeness (QED) is 0.302. The molecule has 0 unspecified atom stereocenters. The van der Waals surface area contributed by atoms with Gasteiger partial charge < -0.3 is 19.5 Å². The average molecular weight is 498 g/mol. The lowest BCUT2D eigenvalue weighted by molar-refractivity contribution is 0.0600. The van der Waals surface area contributed by atoms with Gasteiger partial charge in [-0.2, -0.15) is 0 Å². The number of methoxy groups -OCH3 is 1. The number of thiocarbonyl (C=S) groups is 1. The van der Waals surface area contributed by atoms with Crippen LogP contribution in [0.3, 0.4) is 0 Å². The van der Waals surface area contributed by atoms with Crippen LogP contribution in [0, 0.1) is 13.8 Å². The first-order chi connectivity index (χ1) is 17.5. The van der Waals surface area contributed by atoms with Crippen LogP contribution in [-0.2, 0) is 11.3 Å². The SMILES string of the molecule is COC(=O)c1ccccc1-n1c(C)cc([C@@H]2[C@H](c3ccccn3)NC(=S)N2Cc2ccccn2)c1C. The number of benzene rings is 1. The predicted octanol–water partition coefficient (Wildman–Crippen LogP) is 4.84. The summed E-state index contributed by atoms with van der Waals surface area (Å²) in [4.78, 5) is 23.9. The standard InChI is InChI=1S/C28H27N5O2S/c1-18-16-22(19(2)33(18)24-13-5-4-11-21(24)27(34)35-3)26-25(23-12-7-9-15-30-23)31-28(36)32(26)17-20-10-6-8-14-29-20/h4-16,25-26H,17H2,1-3H3,(H,31,36)/t25-,26+/m0/s1. The molecule has 0 spiro atoms. The van der Waals surface area contributed by atoms with Crippen LogP contribution in [0.2, 0.25) is 0 Å². The number of carbonyl (C=O) groups excluding carboxylic acids is 1. The number of hydrogen-bond acceptors (Lipinski definition) is 5. The molecule has 1 aromatic carbocycles. The zero-order chi connectivity index (χ0) is 25.2. The Morgan fingerprint density at radius 1 is 1.03 bits per heavy atom. The van der Waals surface area contributed by atoms with Crippen molar-refractivity contribution in [3.63, 3.8) is 0 Å². The van der Waals surface area contributed by atoms with Crippen LogP contribution in [0.15, 0.2) is 79.1 Å². The Morgan fingerprint density at radius 2 is 1.75 bits per heavy atom. The molecule has 2 atom stereocenters. The highest BCUT2D eigenvalue weighted by Gasteiger charge is 2.41. The molecule has 4 heterocycles. The van der Waals surface area contributed by atoms with E-state index in [4.69, 9.17) is 17.0 Å². The van der Waals surface area contributed by atoms with Crippen LogP contribution in [0.5, 0.6) is 0 Å². The Balaban J connectivity index is 1.64. The van der Waals surface area contributed by atoms with Crippen molar-refractivity contribution in [3.8, 4) is 5.69 Å². The van der Waals surface area contributed by atoms with E-state index in [1.54, 1.807) is 18.5 Å². The number of carbonyl (C=O) groups is 1. The van der Waals surface area contributed by atoms with Crippen molar-refractivity contribution in [1.82, 2.24) is 24.8 Å². The average Bonchev–Trinajstić information content (AvgIpc) is 3.39. The summed E-state index contributed by atoms with van der Waals surface area (Å²) >= 11 is 5.83. The van der Waals surface area contributed by atoms with Crippen LogP contribution < -0.4 is 5.32 Å². The summed E-state index contributed by atoms with van der Waals surface area (Å²) < 4.78 is 7.16. The highest BCUT2D eigenvalue weighted by Crippen LogP contribution is 2.42. The van der Waals surface area contributed by atoms with Gasteiger partial charge in [-0.25, -0.2) is 4.79 Å². The molecule has 0 aliphatic carbocycles. The number of rotatable bonds is 6. The smallest absolute Gasteiger partial charge is 0.339 e. The molecule has 0 bridgehead atoms. The zero-order valence-electron chi connectivity index (χ0n) is 20.4. The summed E-state index contributed by atoms with van der Waals surface area (Å²) in [5.74, 6) is -0.369. The summed E-state index contributed by atoms with van der Waals surface area (Å²) in [7, 11) is 1.40. The van der Waals surface area contributed by atoms with Gasteiger partial charge in [0, 0.05) is 23.8 Å². The maximum atomic E-state index is 12.5. The maximum absolute atomic E-state index is 12.5. The number of ether oxygens (including phenoxy) is 1. The highest BCUT2D eigenvalue weighted by atomic mass is 32.1. The van der Waals surface area contributed by atoms with Crippen molar-refractivity contribution < 1.29 is 9.53 Å². The van der Waals surface area contributed by atoms with E-state index < -0.39 is 0 Å². The van der Waals surface area contributed by atoms with Gasteiger partial charge in [-0.05, 0) is 74.1 Å². The number of nitrogens with zero attached hydrogens (tertiary/aromatic N) is 4.